The van der Waals surface area contributed by atoms with Crippen molar-refractivity contribution in [1.82, 2.24) is 4.98 Å². The molecule has 0 aliphatic rings. The summed E-state index contributed by atoms with van der Waals surface area (Å²) in [6.45, 7) is 2.66. The first kappa shape index (κ1) is 13.7. The van der Waals surface area contributed by atoms with Gasteiger partial charge in [-0.25, -0.2) is 0 Å². The van der Waals surface area contributed by atoms with Crippen molar-refractivity contribution in [2.75, 3.05) is 6.61 Å². The summed E-state index contributed by atoms with van der Waals surface area (Å²) >= 11 is 5.82. The third kappa shape index (κ3) is 3.18. The zero-order chi connectivity index (χ0) is 13.7. The zero-order valence-corrected chi connectivity index (χ0v) is 11.5. The van der Waals surface area contributed by atoms with E-state index >= 15 is 0 Å². The molecule has 1 heterocycles. The number of aromatic nitrogens is 1. The van der Waals surface area contributed by atoms with Gasteiger partial charge in [-0.2, -0.15) is 0 Å². The van der Waals surface area contributed by atoms with Gasteiger partial charge in [-0.15, -0.1) is 11.6 Å². The summed E-state index contributed by atoms with van der Waals surface area (Å²) < 4.78 is 5.68. The van der Waals surface area contributed by atoms with Crippen molar-refractivity contribution in [1.29, 1.82) is 0 Å². The highest BCUT2D eigenvalue weighted by Gasteiger charge is 2.11. The van der Waals surface area contributed by atoms with Gasteiger partial charge in [0, 0.05) is 11.1 Å². The maximum atomic E-state index is 9.97. The van der Waals surface area contributed by atoms with Gasteiger partial charge in [0.05, 0.1) is 24.4 Å². The Balaban J connectivity index is 2.49. The zero-order valence-electron chi connectivity index (χ0n) is 10.8. The largest absolute Gasteiger partial charge is 0.507 e. The molecule has 0 spiro atoms. The Morgan fingerprint density at radius 3 is 2.74 bits per heavy atom. The van der Waals surface area contributed by atoms with E-state index in [4.69, 9.17) is 16.3 Å². The first-order valence-corrected chi connectivity index (χ1v) is 6.75. The molecule has 0 aliphatic carbocycles. The SMILES string of the molecule is CCCOc1cnc(CCl)cc1-c1ccccc1O. The molecule has 0 fully saturated rings. The van der Waals surface area contributed by atoms with Crippen molar-refractivity contribution >= 4 is 11.6 Å². The van der Waals surface area contributed by atoms with Crippen LogP contribution in [0.3, 0.4) is 0 Å². The summed E-state index contributed by atoms with van der Waals surface area (Å²) in [6.07, 6.45) is 2.58. The Morgan fingerprint density at radius 1 is 1.26 bits per heavy atom. The van der Waals surface area contributed by atoms with Gasteiger partial charge in [0.1, 0.15) is 11.5 Å². The number of phenolic OH excluding ortho intramolecular Hbond substituents is 1. The van der Waals surface area contributed by atoms with Gasteiger partial charge in [0.2, 0.25) is 0 Å². The van der Waals surface area contributed by atoms with E-state index < -0.39 is 0 Å². The van der Waals surface area contributed by atoms with Crippen molar-refractivity contribution in [3.63, 3.8) is 0 Å². The summed E-state index contributed by atoms with van der Waals surface area (Å²) in [4.78, 5) is 4.23. The Labute approximate surface area is 117 Å². The van der Waals surface area contributed by atoms with Crippen LogP contribution in [0.4, 0.5) is 0 Å². The molecule has 0 bridgehead atoms. The fourth-order valence-corrected chi connectivity index (χ4v) is 1.94. The third-order valence-corrected chi connectivity index (χ3v) is 2.99. The van der Waals surface area contributed by atoms with Crippen molar-refractivity contribution in [2.45, 2.75) is 19.2 Å². The molecule has 0 radical (unpaired) electrons. The van der Waals surface area contributed by atoms with Crippen molar-refractivity contribution in [2.24, 2.45) is 0 Å². The van der Waals surface area contributed by atoms with Crippen LogP contribution >= 0.6 is 11.6 Å². The number of ether oxygens (including phenoxy) is 1. The van der Waals surface area contributed by atoms with Gasteiger partial charge in [0.25, 0.3) is 0 Å². The Morgan fingerprint density at radius 2 is 2.05 bits per heavy atom. The minimum absolute atomic E-state index is 0.218. The predicted molar refractivity (Wildman–Crippen MR) is 76.7 cm³/mol. The van der Waals surface area contributed by atoms with Crippen molar-refractivity contribution in [3.8, 4) is 22.6 Å². The maximum absolute atomic E-state index is 9.97. The number of nitrogens with zero attached hydrogens (tertiary/aromatic N) is 1. The number of pyridine rings is 1. The number of benzene rings is 1. The lowest BCUT2D eigenvalue weighted by molar-refractivity contribution is 0.317. The average molecular weight is 278 g/mol. The molecule has 1 aromatic heterocycles. The molecule has 4 heteroatoms. The highest BCUT2D eigenvalue weighted by atomic mass is 35.5. The summed E-state index contributed by atoms with van der Waals surface area (Å²) in [5, 5.41) is 9.97. The quantitative estimate of drug-likeness (QED) is 0.841. The number of alkyl halides is 1. The van der Waals surface area contributed by atoms with Crippen molar-refractivity contribution < 1.29 is 9.84 Å². The number of para-hydroxylation sites is 1. The topological polar surface area (TPSA) is 42.4 Å². The van der Waals surface area contributed by atoms with Crippen LogP contribution < -0.4 is 4.74 Å². The van der Waals surface area contributed by atoms with Crippen LogP contribution in [0.25, 0.3) is 11.1 Å². The summed E-state index contributed by atoms with van der Waals surface area (Å²) in [5.41, 5.74) is 2.29. The number of halogens is 1. The number of hydrogen-bond acceptors (Lipinski definition) is 3. The third-order valence-electron chi connectivity index (χ3n) is 2.72. The van der Waals surface area contributed by atoms with Crippen LogP contribution in [0.2, 0.25) is 0 Å². The second kappa shape index (κ2) is 6.43. The van der Waals surface area contributed by atoms with Crippen LogP contribution in [0.15, 0.2) is 36.5 Å². The first-order valence-electron chi connectivity index (χ1n) is 6.22. The normalized spacial score (nSPS) is 10.4. The number of phenols is 1. The van der Waals surface area contributed by atoms with E-state index in [1.807, 2.05) is 25.1 Å². The Bertz CT molecular complexity index is 558. The first-order chi connectivity index (χ1) is 9.26. The highest BCUT2D eigenvalue weighted by Crippen LogP contribution is 2.35. The van der Waals surface area contributed by atoms with E-state index in [1.54, 1.807) is 18.3 Å². The lowest BCUT2D eigenvalue weighted by Crippen LogP contribution is -1.99. The van der Waals surface area contributed by atoms with Crippen LogP contribution in [0, 0.1) is 0 Å². The fourth-order valence-electron chi connectivity index (χ4n) is 1.80. The number of hydrogen-bond donors (Lipinski definition) is 1. The van der Waals surface area contributed by atoms with Gasteiger partial charge >= 0.3 is 0 Å². The highest BCUT2D eigenvalue weighted by molar-refractivity contribution is 6.16. The van der Waals surface area contributed by atoms with E-state index in [9.17, 15) is 5.11 Å². The molecule has 2 rings (SSSR count). The average Bonchev–Trinajstić information content (AvgIpc) is 2.45. The molecule has 0 unspecified atom stereocenters. The fraction of sp³-hybridized carbons (Fsp3) is 0.267. The second-order valence-corrected chi connectivity index (χ2v) is 4.44. The molecule has 2 aromatic rings. The van der Waals surface area contributed by atoms with Gasteiger partial charge in [-0.1, -0.05) is 25.1 Å². The monoisotopic (exact) mass is 277 g/mol. The predicted octanol–water partition coefficient (Wildman–Crippen LogP) is 3.98. The van der Waals surface area contributed by atoms with Gasteiger partial charge in [-0.05, 0) is 18.6 Å². The van der Waals surface area contributed by atoms with Crippen molar-refractivity contribution in [3.05, 3.63) is 42.2 Å². The molecule has 0 amide bonds. The van der Waals surface area contributed by atoms with Gasteiger partial charge in [-0.3, -0.25) is 4.98 Å². The van der Waals surface area contributed by atoms with Crippen LogP contribution in [0.5, 0.6) is 11.5 Å². The molecule has 0 atom stereocenters. The van der Waals surface area contributed by atoms with Crippen LogP contribution in [-0.2, 0) is 5.88 Å². The van der Waals surface area contributed by atoms with E-state index in [-0.39, 0.29) is 5.75 Å². The smallest absolute Gasteiger partial charge is 0.145 e. The molecular formula is C15H16ClNO2. The van der Waals surface area contributed by atoms with E-state index in [1.165, 1.54) is 0 Å². The van der Waals surface area contributed by atoms with Gasteiger partial charge < -0.3 is 9.84 Å². The minimum Gasteiger partial charge on any atom is -0.507 e. The second-order valence-electron chi connectivity index (χ2n) is 4.17. The standard InChI is InChI=1S/C15H16ClNO2/c1-2-7-19-15-10-17-11(9-16)8-13(15)12-5-3-4-6-14(12)18/h3-6,8,10,18H,2,7,9H2,1H3. The molecule has 3 nitrogen and oxygen atoms in total. The molecule has 19 heavy (non-hydrogen) atoms. The number of aromatic hydroxyl groups is 1. The van der Waals surface area contributed by atoms with E-state index in [0.717, 1.165) is 23.2 Å². The molecule has 100 valence electrons. The minimum atomic E-state index is 0.218. The molecule has 0 saturated heterocycles. The summed E-state index contributed by atoms with van der Waals surface area (Å²) in [5.74, 6) is 1.21. The number of rotatable bonds is 5. The van der Waals surface area contributed by atoms with Crippen LogP contribution in [0.1, 0.15) is 19.0 Å². The lowest BCUT2D eigenvalue weighted by Gasteiger charge is -2.12. The lowest BCUT2D eigenvalue weighted by atomic mass is 10.0. The molecule has 1 aromatic carbocycles. The van der Waals surface area contributed by atoms with E-state index in [0.29, 0.717) is 18.2 Å². The Hall–Kier alpha value is -1.74. The summed E-state index contributed by atoms with van der Waals surface area (Å²) in [6, 6.07) is 9.02. The molecule has 0 saturated carbocycles. The Kier molecular flexibility index (Phi) is 4.63. The van der Waals surface area contributed by atoms with E-state index in [2.05, 4.69) is 4.98 Å². The van der Waals surface area contributed by atoms with Gasteiger partial charge in [0.15, 0.2) is 0 Å². The molecular weight excluding hydrogens is 262 g/mol. The maximum Gasteiger partial charge on any atom is 0.145 e. The molecule has 0 aliphatic heterocycles. The summed E-state index contributed by atoms with van der Waals surface area (Å²) in [7, 11) is 0. The van der Waals surface area contributed by atoms with Crippen LogP contribution in [-0.4, -0.2) is 16.7 Å². The molecule has 1 N–H and O–H groups in total.